The normalized spacial score (nSPS) is 19.2. The fraction of sp³-hybridized carbons (Fsp3) is 0.412. The summed E-state index contributed by atoms with van der Waals surface area (Å²) in [5.41, 5.74) is 4.60. The van der Waals surface area contributed by atoms with Gasteiger partial charge in [0.25, 0.3) is 5.91 Å². The molecular weight excluding hydrogens is 306 g/mol. The Bertz CT molecular complexity index is 798. The molecule has 1 aliphatic heterocycles. The number of nitrogens with zero attached hydrogens (tertiary/aromatic N) is 2. The van der Waals surface area contributed by atoms with E-state index in [4.69, 9.17) is 0 Å². The van der Waals surface area contributed by atoms with E-state index in [-0.39, 0.29) is 17.7 Å². The number of nitrogens with one attached hydrogen (secondary N) is 3. The van der Waals surface area contributed by atoms with Gasteiger partial charge in [-0.05, 0) is 36.5 Å². The first-order valence-corrected chi connectivity index (χ1v) is 8.27. The number of hydrogen-bond acceptors (Lipinski definition) is 4. The second kappa shape index (κ2) is 6.07. The van der Waals surface area contributed by atoms with Crippen molar-refractivity contribution in [3.05, 3.63) is 46.3 Å². The predicted octanol–water partition coefficient (Wildman–Crippen LogP) is 0.512. The molecule has 0 saturated heterocycles. The molecule has 1 aliphatic carbocycles. The highest BCUT2D eigenvalue weighted by Crippen LogP contribution is 2.22. The quantitative estimate of drug-likeness (QED) is 0.765. The van der Waals surface area contributed by atoms with Gasteiger partial charge >= 0.3 is 0 Å². The number of benzene rings is 1. The first-order valence-electron chi connectivity index (χ1n) is 8.27. The molecule has 1 aromatic heterocycles. The molecule has 7 nitrogen and oxygen atoms in total. The van der Waals surface area contributed by atoms with Gasteiger partial charge in [-0.1, -0.05) is 12.1 Å². The molecule has 2 heterocycles. The molecule has 0 radical (unpaired) electrons. The number of H-pyrrole nitrogens is 1. The molecule has 0 fully saturated rings. The van der Waals surface area contributed by atoms with Crippen molar-refractivity contribution in [3.63, 3.8) is 0 Å². The summed E-state index contributed by atoms with van der Waals surface area (Å²) in [6.07, 6.45) is 3.06. The third kappa shape index (κ3) is 2.77. The Morgan fingerprint density at radius 3 is 3.04 bits per heavy atom. The highest BCUT2D eigenvalue weighted by atomic mass is 16.2. The summed E-state index contributed by atoms with van der Waals surface area (Å²) < 4.78 is 0. The molecule has 2 amide bonds. The van der Waals surface area contributed by atoms with Crippen LogP contribution in [-0.2, 0) is 30.6 Å². The topological polar surface area (TPSA) is 99.8 Å². The highest BCUT2D eigenvalue weighted by molar-refractivity contribution is 5.96. The van der Waals surface area contributed by atoms with Gasteiger partial charge in [-0.15, -0.1) is 0 Å². The van der Waals surface area contributed by atoms with Crippen LogP contribution in [0.25, 0.3) is 0 Å². The molecule has 0 spiro atoms. The number of aryl methyl sites for hydroxylation is 1. The first kappa shape index (κ1) is 14.9. The van der Waals surface area contributed by atoms with Gasteiger partial charge in [0.05, 0.1) is 11.4 Å². The van der Waals surface area contributed by atoms with E-state index in [1.165, 1.54) is 0 Å². The van der Waals surface area contributed by atoms with Gasteiger partial charge in [-0.25, -0.2) is 0 Å². The molecular formula is C17H19N5O2. The summed E-state index contributed by atoms with van der Waals surface area (Å²) in [7, 11) is 0. The predicted molar refractivity (Wildman–Crippen MR) is 86.2 cm³/mol. The van der Waals surface area contributed by atoms with Gasteiger partial charge in [-0.2, -0.15) is 15.4 Å². The summed E-state index contributed by atoms with van der Waals surface area (Å²) in [6, 6.07) is 5.84. The molecule has 4 rings (SSSR count). The molecule has 1 atom stereocenters. The van der Waals surface area contributed by atoms with Gasteiger partial charge < -0.3 is 10.6 Å². The van der Waals surface area contributed by atoms with Gasteiger partial charge in [0.15, 0.2) is 0 Å². The van der Waals surface area contributed by atoms with E-state index < -0.39 is 0 Å². The smallest absolute Gasteiger partial charge is 0.251 e. The van der Waals surface area contributed by atoms with Crippen molar-refractivity contribution in [2.24, 2.45) is 5.92 Å². The van der Waals surface area contributed by atoms with Crippen molar-refractivity contribution in [1.29, 1.82) is 0 Å². The Hall–Kier alpha value is -2.70. The summed E-state index contributed by atoms with van der Waals surface area (Å²) in [5, 5.41) is 16.6. The van der Waals surface area contributed by atoms with Crippen molar-refractivity contribution < 1.29 is 9.59 Å². The van der Waals surface area contributed by atoms with Crippen molar-refractivity contribution in [1.82, 2.24) is 26.0 Å². The SMILES string of the molecule is O=C1NCCc2ccc(CNC(=O)C3CCc4n[nH]nc4C3)cc21. The first-order chi connectivity index (χ1) is 11.7. The second-order valence-electron chi connectivity index (χ2n) is 6.37. The zero-order valence-corrected chi connectivity index (χ0v) is 13.3. The Labute approximate surface area is 139 Å². The minimum absolute atomic E-state index is 0.0322. The molecule has 7 heteroatoms. The molecule has 0 saturated carbocycles. The number of hydrogen-bond donors (Lipinski definition) is 3. The molecule has 0 bridgehead atoms. The average molecular weight is 325 g/mol. The van der Waals surface area contributed by atoms with Crippen LogP contribution in [0.5, 0.6) is 0 Å². The van der Waals surface area contributed by atoms with Crippen LogP contribution in [0.2, 0.25) is 0 Å². The summed E-state index contributed by atoms with van der Waals surface area (Å²) in [4.78, 5) is 24.3. The van der Waals surface area contributed by atoms with Crippen LogP contribution >= 0.6 is 0 Å². The van der Waals surface area contributed by atoms with E-state index in [1.807, 2.05) is 18.2 Å². The minimum atomic E-state index is -0.0662. The van der Waals surface area contributed by atoms with E-state index in [9.17, 15) is 9.59 Å². The fourth-order valence-corrected chi connectivity index (χ4v) is 3.41. The number of fused-ring (bicyclic) bond motifs is 2. The lowest BCUT2D eigenvalue weighted by molar-refractivity contribution is -0.125. The maximum Gasteiger partial charge on any atom is 0.251 e. The third-order valence-corrected chi connectivity index (χ3v) is 4.81. The Morgan fingerprint density at radius 1 is 1.25 bits per heavy atom. The molecule has 1 unspecified atom stereocenters. The number of carbonyl (C=O) groups excluding carboxylic acids is 2. The van der Waals surface area contributed by atoms with Crippen molar-refractivity contribution >= 4 is 11.8 Å². The average Bonchev–Trinajstić information content (AvgIpc) is 3.08. The van der Waals surface area contributed by atoms with Crippen LogP contribution < -0.4 is 10.6 Å². The van der Waals surface area contributed by atoms with Gasteiger partial charge in [0.1, 0.15) is 0 Å². The summed E-state index contributed by atoms with van der Waals surface area (Å²) in [6.45, 7) is 1.12. The van der Waals surface area contributed by atoms with Crippen LogP contribution in [0.15, 0.2) is 18.2 Å². The maximum absolute atomic E-state index is 12.4. The number of amides is 2. The molecule has 124 valence electrons. The van der Waals surface area contributed by atoms with Gasteiger partial charge in [0.2, 0.25) is 5.91 Å². The molecule has 2 aliphatic rings. The third-order valence-electron chi connectivity index (χ3n) is 4.81. The lowest BCUT2D eigenvalue weighted by Gasteiger charge is -2.20. The van der Waals surface area contributed by atoms with Crippen molar-refractivity contribution in [3.8, 4) is 0 Å². The van der Waals surface area contributed by atoms with E-state index in [1.54, 1.807) is 0 Å². The standard InChI is InChI=1S/C17H19N5O2/c23-16(12-3-4-14-15(8-12)21-22-20-14)19-9-10-1-2-11-5-6-18-17(24)13(11)7-10/h1-2,7,12H,3-6,8-9H2,(H,18,24)(H,19,23)(H,20,21,22). The second-order valence-corrected chi connectivity index (χ2v) is 6.37. The number of aromatic amines is 1. The fourth-order valence-electron chi connectivity index (χ4n) is 3.41. The monoisotopic (exact) mass is 325 g/mol. The summed E-state index contributed by atoms with van der Waals surface area (Å²) >= 11 is 0. The molecule has 1 aromatic carbocycles. The maximum atomic E-state index is 12.4. The lowest BCUT2D eigenvalue weighted by Crippen LogP contribution is -2.34. The number of carbonyl (C=O) groups is 2. The van der Waals surface area contributed by atoms with Crippen LogP contribution in [0.3, 0.4) is 0 Å². The zero-order valence-electron chi connectivity index (χ0n) is 13.3. The number of rotatable bonds is 3. The van der Waals surface area contributed by atoms with E-state index in [2.05, 4.69) is 26.0 Å². The lowest BCUT2D eigenvalue weighted by atomic mass is 9.89. The van der Waals surface area contributed by atoms with Crippen LogP contribution in [0, 0.1) is 5.92 Å². The Kier molecular flexibility index (Phi) is 3.76. The van der Waals surface area contributed by atoms with Crippen molar-refractivity contribution in [2.75, 3.05) is 6.54 Å². The van der Waals surface area contributed by atoms with E-state index in [0.29, 0.717) is 19.5 Å². The van der Waals surface area contributed by atoms with Crippen molar-refractivity contribution in [2.45, 2.75) is 32.2 Å². The molecule has 24 heavy (non-hydrogen) atoms. The Balaban J connectivity index is 1.39. The van der Waals surface area contributed by atoms with E-state index in [0.717, 1.165) is 47.3 Å². The zero-order chi connectivity index (χ0) is 16.5. The van der Waals surface area contributed by atoms with E-state index >= 15 is 0 Å². The number of aromatic nitrogens is 3. The van der Waals surface area contributed by atoms with Crippen LogP contribution in [0.1, 0.15) is 39.3 Å². The van der Waals surface area contributed by atoms with Gasteiger partial charge in [0, 0.05) is 31.0 Å². The van der Waals surface area contributed by atoms with Gasteiger partial charge in [-0.3, -0.25) is 9.59 Å². The summed E-state index contributed by atoms with van der Waals surface area (Å²) in [5.74, 6) is -0.0652. The molecule has 2 aromatic rings. The molecule has 3 N–H and O–H groups in total. The minimum Gasteiger partial charge on any atom is -0.352 e. The largest absolute Gasteiger partial charge is 0.352 e. The highest BCUT2D eigenvalue weighted by Gasteiger charge is 2.27. The van der Waals surface area contributed by atoms with Crippen LogP contribution in [-0.4, -0.2) is 33.8 Å². The van der Waals surface area contributed by atoms with Crippen LogP contribution in [0.4, 0.5) is 0 Å². The Morgan fingerprint density at radius 2 is 2.12 bits per heavy atom.